The Morgan fingerprint density at radius 2 is 2.12 bits per heavy atom. The summed E-state index contributed by atoms with van der Waals surface area (Å²) in [7, 11) is 0. The van der Waals surface area contributed by atoms with Crippen LogP contribution in [0.15, 0.2) is 12.1 Å². The Kier molecular flexibility index (Phi) is 6.27. The number of hydrogen-bond donors (Lipinski definition) is 1. The normalized spacial score (nSPS) is 18.8. The van der Waals surface area contributed by atoms with Crippen LogP contribution >= 0.6 is 11.6 Å². The van der Waals surface area contributed by atoms with Gasteiger partial charge in [0, 0.05) is 6.04 Å². The van der Waals surface area contributed by atoms with Crippen LogP contribution in [0.3, 0.4) is 0 Å². The Hall–Kier alpha value is -1.13. The molecule has 0 heterocycles. The van der Waals surface area contributed by atoms with Gasteiger partial charge in [-0.25, -0.2) is 4.39 Å². The minimum Gasteiger partial charge on any atom is -0.459 e. The summed E-state index contributed by atoms with van der Waals surface area (Å²) in [6.07, 6.45) is 4.05. The number of hydrogen-bond acceptors (Lipinski definition) is 3. The van der Waals surface area contributed by atoms with E-state index in [2.05, 4.69) is 12.2 Å². The third kappa shape index (κ3) is 5.18. The molecular formula is C19H27ClFNO2. The van der Waals surface area contributed by atoms with Crippen LogP contribution in [-0.4, -0.2) is 23.7 Å². The van der Waals surface area contributed by atoms with Crippen LogP contribution in [0.2, 0.25) is 5.02 Å². The molecule has 0 amide bonds. The van der Waals surface area contributed by atoms with E-state index in [-0.39, 0.29) is 28.9 Å². The van der Waals surface area contributed by atoms with E-state index in [4.69, 9.17) is 16.3 Å². The smallest absolute Gasteiger partial charge is 0.323 e. The molecule has 5 heteroatoms. The molecule has 1 aromatic carbocycles. The standard InChI is InChI=1S/C19H27ClFNO2/c1-5-6-17(18(23)24-19(2,3)4)22-14-8-7-12-11-16(21)15(20)10-13(12)9-14/h10-11,14,17,22H,5-9H2,1-4H3/t14-,17-/m0/s1. The number of fused-ring (bicyclic) bond motifs is 1. The molecule has 1 aromatic rings. The average Bonchev–Trinajstić information content (AvgIpc) is 2.46. The summed E-state index contributed by atoms with van der Waals surface area (Å²) in [5, 5.41) is 3.60. The lowest BCUT2D eigenvalue weighted by molar-refractivity contribution is -0.158. The first-order chi connectivity index (χ1) is 11.2. The van der Waals surface area contributed by atoms with E-state index < -0.39 is 5.60 Å². The Balaban J connectivity index is 2.05. The Morgan fingerprint density at radius 1 is 1.42 bits per heavy atom. The third-order valence-electron chi connectivity index (χ3n) is 4.18. The van der Waals surface area contributed by atoms with E-state index in [1.165, 1.54) is 6.07 Å². The van der Waals surface area contributed by atoms with Crippen molar-refractivity contribution in [3.05, 3.63) is 34.1 Å². The van der Waals surface area contributed by atoms with Crippen molar-refractivity contribution in [2.75, 3.05) is 0 Å². The van der Waals surface area contributed by atoms with Crippen LogP contribution in [0.5, 0.6) is 0 Å². The zero-order chi connectivity index (χ0) is 17.9. The van der Waals surface area contributed by atoms with Gasteiger partial charge in [-0.05, 0) is 69.7 Å². The number of esters is 1. The predicted molar refractivity (Wildman–Crippen MR) is 94.9 cm³/mol. The van der Waals surface area contributed by atoms with E-state index in [9.17, 15) is 9.18 Å². The molecule has 0 aromatic heterocycles. The van der Waals surface area contributed by atoms with Gasteiger partial charge in [-0.3, -0.25) is 4.79 Å². The maximum absolute atomic E-state index is 13.6. The molecule has 0 spiro atoms. The number of ether oxygens (including phenoxy) is 1. The Morgan fingerprint density at radius 3 is 2.75 bits per heavy atom. The summed E-state index contributed by atoms with van der Waals surface area (Å²) in [6.45, 7) is 7.68. The van der Waals surface area contributed by atoms with E-state index in [0.717, 1.165) is 43.2 Å². The molecule has 1 aliphatic carbocycles. The predicted octanol–water partition coefficient (Wildman–Crippen LogP) is 4.44. The zero-order valence-corrected chi connectivity index (χ0v) is 15.7. The SMILES string of the molecule is CCC[C@H](N[C@H]1CCc2cc(F)c(Cl)cc2C1)C(=O)OC(C)(C)C. The first kappa shape index (κ1) is 19.2. The fourth-order valence-corrected chi connectivity index (χ4v) is 3.29. The fourth-order valence-electron chi connectivity index (χ4n) is 3.11. The number of rotatable bonds is 5. The van der Waals surface area contributed by atoms with Gasteiger partial charge in [-0.1, -0.05) is 24.9 Å². The highest BCUT2D eigenvalue weighted by molar-refractivity contribution is 6.30. The summed E-state index contributed by atoms with van der Waals surface area (Å²) in [6, 6.07) is 3.10. The summed E-state index contributed by atoms with van der Waals surface area (Å²) >= 11 is 5.90. The van der Waals surface area contributed by atoms with Crippen molar-refractivity contribution in [1.29, 1.82) is 0 Å². The number of aryl methyl sites for hydroxylation is 1. The van der Waals surface area contributed by atoms with Crippen molar-refractivity contribution in [1.82, 2.24) is 5.32 Å². The molecule has 0 fully saturated rings. The minimum absolute atomic E-state index is 0.159. The monoisotopic (exact) mass is 355 g/mol. The quantitative estimate of drug-likeness (QED) is 0.794. The lowest BCUT2D eigenvalue weighted by Gasteiger charge is -2.31. The molecule has 0 saturated heterocycles. The van der Waals surface area contributed by atoms with Gasteiger partial charge in [0.2, 0.25) is 0 Å². The van der Waals surface area contributed by atoms with Crippen LogP contribution in [0.1, 0.15) is 58.1 Å². The molecule has 0 aliphatic heterocycles. The third-order valence-corrected chi connectivity index (χ3v) is 4.47. The number of benzene rings is 1. The highest BCUT2D eigenvalue weighted by Crippen LogP contribution is 2.27. The zero-order valence-electron chi connectivity index (χ0n) is 14.9. The molecule has 134 valence electrons. The van der Waals surface area contributed by atoms with Gasteiger partial charge >= 0.3 is 5.97 Å². The molecule has 0 bridgehead atoms. The average molecular weight is 356 g/mol. The lowest BCUT2D eigenvalue weighted by Crippen LogP contribution is -2.47. The van der Waals surface area contributed by atoms with Crippen LogP contribution < -0.4 is 5.32 Å². The molecule has 2 rings (SSSR count). The maximum Gasteiger partial charge on any atom is 0.323 e. The number of carbonyl (C=O) groups is 1. The van der Waals surface area contributed by atoms with Gasteiger partial charge in [0.15, 0.2) is 0 Å². The van der Waals surface area contributed by atoms with Crippen LogP contribution in [-0.2, 0) is 22.4 Å². The van der Waals surface area contributed by atoms with Crippen molar-refractivity contribution >= 4 is 17.6 Å². The molecule has 0 saturated carbocycles. The summed E-state index contributed by atoms with van der Waals surface area (Å²) in [4.78, 5) is 12.4. The Bertz CT molecular complexity index is 598. The largest absolute Gasteiger partial charge is 0.459 e. The van der Waals surface area contributed by atoms with E-state index in [1.807, 2.05) is 20.8 Å². The number of carbonyl (C=O) groups excluding carboxylic acids is 1. The van der Waals surface area contributed by atoms with Gasteiger partial charge in [0.1, 0.15) is 17.5 Å². The summed E-state index contributed by atoms with van der Waals surface area (Å²) in [5.74, 6) is -0.563. The van der Waals surface area contributed by atoms with E-state index >= 15 is 0 Å². The molecule has 3 nitrogen and oxygen atoms in total. The molecule has 0 radical (unpaired) electrons. The molecule has 1 N–H and O–H groups in total. The topological polar surface area (TPSA) is 38.3 Å². The fraction of sp³-hybridized carbons (Fsp3) is 0.632. The summed E-state index contributed by atoms with van der Waals surface area (Å²) in [5.41, 5.74) is 1.58. The van der Waals surface area contributed by atoms with Crippen molar-refractivity contribution in [3.63, 3.8) is 0 Å². The van der Waals surface area contributed by atoms with Gasteiger partial charge in [-0.15, -0.1) is 0 Å². The highest BCUT2D eigenvalue weighted by Gasteiger charge is 2.28. The molecular weight excluding hydrogens is 329 g/mol. The number of nitrogens with one attached hydrogen (secondary N) is 1. The van der Waals surface area contributed by atoms with Crippen LogP contribution in [0, 0.1) is 5.82 Å². The van der Waals surface area contributed by atoms with E-state index in [0.29, 0.717) is 0 Å². The van der Waals surface area contributed by atoms with Gasteiger partial charge in [-0.2, -0.15) is 0 Å². The second kappa shape index (κ2) is 7.83. The molecule has 2 atom stereocenters. The summed E-state index contributed by atoms with van der Waals surface area (Å²) < 4.78 is 19.1. The lowest BCUT2D eigenvalue weighted by atomic mass is 9.87. The van der Waals surface area contributed by atoms with Gasteiger partial charge in [0.25, 0.3) is 0 Å². The van der Waals surface area contributed by atoms with Crippen molar-refractivity contribution in [2.45, 2.75) is 77.5 Å². The maximum atomic E-state index is 13.6. The first-order valence-corrected chi connectivity index (χ1v) is 9.03. The minimum atomic E-state index is -0.491. The molecule has 24 heavy (non-hydrogen) atoms. The molecule has 1 aliphatic rings. The van der Waals surface area contributed by atoms with Gasteiger partial charge < -0.3 is 10.1 Å². The second-order valence-electron chi connectivity index (χ2n) is 7.52. The van der Waals surface area contributed by atoms with E-state index in [1.54, 1.807) is 6.07 Å². The van der Waals surface area contributed by atoms with Crippen molar-refractivity contribution < 1.29 is 13.9 Å². The highest BCUT2D eigenvalue weighted by atomic mass is 35.5. The van der Waals surface area contributed by atoms with Crippen LogP contribution in [0.25, 0.3) is 0 Å². The second-order valence-corrected chi connectivity index (χ2v) is 7.92. The van der Waals surface area contributed by atoms with Crippen molar-refractivity contribution in [3.8, 4) is 0 Å². The molecule has 0 unspecified atom stereocenters. The van der Waals surface area contributed by atoms with Gasteiger partial charge in [0.05, 0.1) is 5.02 Å². The number of halogens is 2. The Labute approximate surface area is 148 Å². The first-order valence-electron chi connectivity index (χ1n) is 8.65. The van der Waals surface area contributed by atoms with Crippen molar-refractivity contribution in [2.24, 2.45) is 0 Å². The van der Waals surface area contributed by atoms with Crippen LogP contribution in [0.4, 0.5) is 4.39 Å².